The molecular formula is C12H25NO. The molecule has 0 aromatic carbocycles. The molecule has 2 nitrogen and oxygen atoms in total. The Hall–Kier alpha value is -0.370. The van der Waals surface area contributed by atoms with E-state index >= 15 is 0 Å². The standard InChI is InChI=1S/C8H17NO.C4H8/c1-7(8(2)10)5-3-4-6-9;1-2-4-3-1/h7H,3-6,9H2,1-2H3;1-4H2. The quantitative estimate of drug-likeness (QED) is 0.692. The maximum atomic E-state index is 10.7. The van der Waals surface area contributed by atoms with Crippen molar-refractivity contribution in [2.24, 2.45) is 11.7 Å². The predicted octanol–water partition coefficient (Wildman–Crippen LogP) is 2.90. The highest BCUT2D eigenvalue weighted by atomic mass is 16.1. The van der Waals surface area contributed by atoms with E-state index in [-0.39, 0.29) is 11.7 Å². The summed E-state index contributed by atoms with van der Waals surface area (Å²) in [6, 6.07) is 0. The first kappa shape index (κ1) is 13.6. The molecule has 14 heavy (non-hydrogen) atoms. The van der Waals surface area contributed by atoms with Crippen LogP contribution in [0.1, 0.15) is 58.8 Å². The molecule has 0 amide bonds. The van der Waals surface area contributed by atoms with Gasteiger partial charge in [0.15, 0.2) is 0 Å². The highest BCUT2D eigenvalue weighted by Crippen LogP contribution is 2.15. The largest absolute Gasteiger partial charge is 0.330 e. The van der Waals surface area contributed by atoms with Crippen LogP contribution >= 0.6 is 0 Å². The number of unbranched alkanes of at least 4 members (excludes halogenated alkanes) is 1. The number of hydrogen-bond donors (Lipinski definition) is 1. The second-order valence-electron chi connectivity index (χ2n) is 4.21. The Bertz CT molecular complexity index is 137. The van der Waals surface area contributed by atoms with E-state index in [4.69, 9.17) is 5.73 Å². The van der Waals surface area contributed by atoms with Gasteiger partial charge in [0.05, 0.1) is 0 Å². The Labute approximate surface area is 88.3 Å². The molecule has 1 atom stereocenters. The second kappa shape index (κ2) is 9.20. The monoisotopic (exact) mass is 199 g/mol. The summed E-state index contributed by atoms with van der Waals surface area (Å²) in [5, 5.41) is 0. The molecule has 1 rings (SSSR count). The van der Waals surface area contributed by atoms with Gasteiger partial charge < -0.3 is 5.73 Å². The normalized spacial score (nSPS) is 16.2. The van der Waals surface area contributed by atoms with Crippen LogP contribution < -0.4 is 5.73 Å². The van der Waals surface area contributed by atoms with Gasteiger partial charge in [0, 0.05) is 5.92 Å². The third-order valence-corrected chi connectivity index (χ3v) is 2.79. The highest BCUT2D eigenvalue weighted by Gasteiger charge is 2.05. The lowest BCUT2D eigenvalue weighted by atomic mass is 10.0. The van der Waals surface area contributed by atoms with E-state index in [1.54, 1.807) is 6.92 Å². The summed E-state index contributed by atoms with van der Waals surface area (Å²) in [6.45, 7) is 4.36. The fourth-order valence-electron chi connectivity index (χ4n) is 1.05. The average Bonchev–Trinajstić information content (AvgIpc) is 2.01. The molecular weight excluding hydrogens is 174 g/mol. The highest BCUT2D eigenvalue weighted by molar-refractivity contribution is 5.77. The molecule has 0 aliphatic heterocycles. The van der Waals surface area contributed by atoms with Gasteiger partial charge in [0.1, 0.15) is 5.78 Å². The van der Waals surface area contributed by atoms with Gasteiger partial charge in [-0.1, -0.05) is 39.0 Å². The topological polar surface area (TPSA) is 43.1 Å². The Morgan fingerprint density at radius 2 is 1.71 bits per heavy atom. The van der Waals surface area contributed by atoms with Crippen molar-refractivity contribution in [3.8, 4) is 0 Å². The zero-order valence-corrected chi connectivity index (χ0v) is 9.72. The van der Waals surface area contributed by atoms with Crippen molar-refractivity contribution in [2.45, 2.75) is 58.8 Å². The van der Waals surface area contributed by atoms with E-state index in [1.807, 2.05) is 6.92 Å². The number of hydrogen-bond acceptors (Lipinski definition) is 2. The van der Waals surface area contributed by atoms with Crippen molar-refractivity contribution in [3.63, 3.8) is 0 Å². The Morgan fingerprint density at radius 3 is 2.00 bits per heavy atom. The number of carbonyl (C=O) groups is 1. The van der Waals surface area contributed by atoms with Crippen LogP contribution in [0, 0.1) is 5.92 Å². The first-order valence-electron chi connectivity index (χ1n) is 5.89. The van der Waals surface area contributed by atoms with Gasteiger partial charge in [-0.25, -0.2) is 0 Å². The number of nitrogens with two attached hydrogens (primary N) is 1. The van der Waals surface area contributed by atoms with Crippen LogP contribution in [-0.2, 0) is 4.79 Å². The fourth-order valence-corrected chi connectivity index (χ4v) is 1.05. The maximum Gasteiger partial charge on any atom is 0.132 e. The van der Waals surface area contributed by atoms with Crippen molar-refractivity contribution in [2.75, 3.05) is 6.54 Å². The smallest absolute Gasteiger partial charge is 0.132 e. The van der Waals surface area contributed by atoms with E-state index in [9.17, 15) is 4.79 Å². The van der Waals surface area contributed by atoms with E-state index in [1.165, 1.54) is 25.7 Å². The lowest BCUT2D eigenvalue weighted by Crippen LogP contribution is -2.07. The summed E-state index contributed by atoms with van der Waals surface area (Å²) in [6.07, 6.45) is 9.11. The Morgan fingerprint density at radius 1 is 1.21 bits per heavy atom. The minimum Gasteiger partial charge on any atom is -0.330 e. The molecule has 0 aromatic heterocycles. The van der Waals surface area contributed by atoms with Gasteiger partial charge >= 0.3 is 0 Å². The van der Waals surface area contributed by atoms with Gasteiger partial charge in [-0.05, 0) is 26.3 Å². The molecule has 1 fully saturated rings. The minimum absolute atomic E-state index is 0.228. The fraction of sp³-hybridized carbons (Fsp3) is 0.917. The summed E-state index contributed by atoms with van der Waals surface area (Å²) in [4.78, 5) is 10.7. The zero-order valence-electron chi connectivity index (χ0n) is 9.72. The van der Waals surface area contributed by atoms with Crippen molar-refractivity contribution in [3.05, 3.63) is 0 Å². The lowest BCUT2D eigenvalue weighted by Gasteiger charge is -2.05. The molecule has 1 aliphatic rings. The molecule has 0 bridgehead atoms. The van der Waals surface area contributed by atoms with Gasteiger partial charge in [-0.3, -0.25) is 4.79 Å². The van der Waals surface area contributed by atoms with Gasteiger partial charge in [0.25, 0.3) is 0 Å². The van der Waals surface area contributed by atoms with Gasteiger partial charge in [-0.15, -0.1) is 0 Å². The molecule has 1 aliphatic carbocycles. The van der Waals surface area contributed by atoms with Gasteiger partial charge in [-0.2, -0.15) is 0 Å². The van der Waals surface area contributed by atoms with Crippen LogP contribution in [-0.4, -0.2) is 12.3 Å². The van der Waals surface area contributed by atoms with E-state index in [2.05, 4.69) is 0 Å². The first-order chi connectivity index (χ1) is 6.68. The Kier molecular flexibility index (Phi) is 8.95. The van der Waals surface area contributed by atoms with Crippen LogP contribution in [0.2, 0.25) is 0 Å². The SMILES string of the molecule is C1CCC1.CC(=O)C(C)CCCCN. The summed E-state index contributed by atoms with van der Waals surface area (Å²) in [7, 11) is 0. The van der Waals surface area contributed by atoms with Crippen LogP contribution in [0.4, 0.5) is 0 Å². The lowest BCUT2D eigenvalue weighted by molar-refractivity contribution is -0.120. The third kappa shape index (κ3) is 8.24. The zero-order chi connectivity index (χ0) is 10.8. The number of ketones is 1. The summed E-state index contributed by atoms with van der Waals surface area (Å²) in [5.41, 5.74) is 5.31. The van der Waals surface area contributed by atoms with Crippen LogP contribution in [0.25, 0.3) is 0 Å². The van der Waals surface area contributed by atoms with Crippen molar-refractivity contribution in [1.82, 2.24) is 0 Å². The molecule has 1 unspecified atom stereocenters. The molecule has 2 N–H and O–H groups in total. The number of carbonyl (C=O) groups excluding carboxylic acids is 1. The average molecular weight is 199 g/mol. The third-order valence-electron chi connectivity index (χ3n) is 2.79. The summed E-state index contributed by atoms with van der Waals surface area (Å²) in [5.74, 6) is 0.517. The van der Waals surface area contributed by atoms with E-state index in [0.29, 0.717) is 0 Å². The van der Waals surface area contributed by atoms with Crippen molar-refractivity contribution >= 4 is 5.78 Å². The molecule has 0 heterocycles. The number of rotatable bonds is 5. The van der Waals surface area contributed by atoms with Gasteiger partial charge in [0.2, 0.25) is 0 Å². The molecule has 84 valence electrons. The molecule has 2 heteroatoms. The van der Waals surface area contributed by atoms with Crippen LogP contribution in [0.3, 0.4) is 0 Å². The predicted molar refractivity (Wildman–Crippen MR) is 61.2 cm³/mol. The van der Waals surface area contributed by atoms with E-state index in [0.717, 1.165) is 25.8 Å². The Balaban J connectivity index is 0.000000344. The van der Waals surface area contributed by atoms with Crippen LogP contribution in [0.5, 0.6) is 0 Å². The summed E-state index contributed by atoms with van der Waals surface area (Å²) < 4.78 is 0. The van der Waals surface area contributed by atoms with Crippen LogP contribution in [0.15, 0.2) is 0 Å². The first-order valence-corrected chi connectivity index (χ1v) is 5.89. The molecule has 0 spiro atoms. The van der Waals surface area contributed by atoms with E-state index < -0.39 is 0 Å². The number of Topliss-reactive ketones (excluding diaryl/α,β-unsaturated/α-hetero) is 1. The molecule has 1 saturated carbocycles. The maximum absolute atomic E-state index is 10.7. The minimum atomic E-state index is 0.228. The van der Waals surface area contributed by atoms with Crippen molar-refractivity contribution < 1.29 is 4.79 Å². The second-order valence-corrected chi connectivity index (χ2v) is 4.21. The van der Waals surface area contributed by atoms with Crippen molar-refractivity contribution in [1.29, 1.82) is 0 Å². The molecule has 0 aromatic rings. The summed E-state index contributed by atoms with van der Waals surface area (Å²) >= 11 is 0. The molecule has 0 radical (unpaired) electrons. The molecule has 0 saturated heterocycles.